The van der Waals surface area contributed by atoms with Gasteiger partial charge in [-0.25, -0.2) is 13.1 Å². The molecule has 0 spiro atoms. The quantitative estimate of drug-likeness (QED) is 0.229. The predicted octanol–water partition coefficient (Wildman–Crippen LogP) is 6.99. The molecule has 0 radical (unpaired) electrons. The lowest BCUT2D eigenvalue weighted by molar-refractivity contribution is 0.245. The summed E-state index contributed by atoms with van der Waals surface area (Å²) in [7, 11) is -3.94. The number of rotatable bonds is 9. The predicted molar refractivity (Wildman–Crippen MR) is 160 cm³/mol. The highest BCUT2D eigenvalue weighted by atomic mass is 32.2. The molecule has 1 heterocycles. The Morgan fingerprint density at radius 2 is 1.53 bits per heavy atom. The first-order valence-electron chi connectivity index (χ1n) is 13.1. The summed E-state index contributed by atoms with van der Waals surface area (Å²) in [4.78, 5) is 0.255. The number of benzene rings is 3. The fourth-order valence-electron chi connectivity index (χ4n) is 4.61. The van der Waals surface area contributed by atoms with E-state index in [4.69, 9.17) is 4.43 Å². The molecule has 0 saturated carbocycles. The van der Waals surface area contributed by atoms with Gasteiger partial charge in [-0.2, -0.15) is 0 Å². The van der Waals surface area contributed by atoms with E-state index in [-0.39, 0.29) is 22.5 Å². The minimum atomic E-state index is -3.81. The summed E-state index contributed by atoms with van der Waals surface area (Å²) in [6, 6.07) is 24.9. The minimum Gasteiger partial charge on any atom is -0.415 e. The normalized spacial score (nSPS) is 14.5. The molecule has 0 amide bonds. The van der Waals surface area contributed by atoms with Crippen molar-refractivity contribution in [3.63, 3.8) is 0 Å². The van der Waals surface area contributed by atoms with Crippen LogP contribution in [0.1, 0.15) is 43.4 Å². The number of aromatic nitrogens is 1. The highest BCUT2D eigenvalue weighted by molar-refractivity contribution is 7.89. The van der Waals surface area contributed by atoms with Crippen molar-refractivity contribution in [2.45, 2.75) is 62.7 Å². The molecule has 0 bridgehead atoms. The Balaban J connectivity index is 1.86. The summed E-state index contributed by atoms with van der Waals surface area (Å²) in [5.41, 5.74) is 4.23. The first-order chi connectivity index (χ1) is 17.8. The lowest BCUT2D eigenvalue weighted by atomic mass is 9.85. The van der Waals surface area contributed by atoms with Gasteiger partial charge >= 0.3 is 0 Å². The van der Waals surface area contributed by atoms with Gasteiger partial charge in [0.25, 0.3) is 0 Å². The zero-order valence-electron chi connectivity index (χ0n) is 23.5. The Kier molecular flexibility index (Phi) is 8.05. The first-order valence-corrected chi connectivity index (χ1v) is 17.5. The number of sulfonamides is 1. The van der Waals surface area contributed by atoms with Crippen molar-refractivity contribution in [2.24, 2.45) is 7.05 Å². The van der Waals surface area contributed by atoms with Gasteiger partial charge in [0.1, 0.15) is 0 Å². The van der Waals surface area contributed by atoms with Gasteiger partial charge in [0.05, 0.1) is 17.5 Å². The summed E-state index contributed by atoms with van der Waals surface area (Å²) >= 11 is 0. The molecule has 0 aliphatic heterocycles. The van der Waals surface area contributed by atoms with Gasteiger partial charge in [0.15, 0.2) is 8.32 Å². The van der Waals surface area contributed by atoms with Crippen LogP contribution in [0.25, 0.3) is 10.9 Å². The molecule has 2 atom stereocenters. The van der Waals surface area contributed by atoms with Crippen molar-refractivity contribution in [3.8, 4) is 0 Å². The van der Waals surface area contributed by atoms with E-state index in [9.17, 15) is 8.42 Å². The molecule has 38 heavy (non-hydrogen) atoms. The molecule has 5 nitrogen and oxygen atoms in total. The van der Waals surface area contributed by atoms with Crippen LogP contribution < -0.4 is 4.72 Å². The van der Waals surface area contributed by atoms with E-state index in [1.165, 1.54) is 0 Å². The standard InChI is InChI=1S/C31H40N2O3SSi/c1-23-17-19-25(20-18-23)37(34,35)32-28(22-36-38(6,7)31(2,3)4)30(24-13-9-8-10-14-24)27-21-33(5)29-16-12-11-15-26(27)29/h8-21,28,30,32H,22H2,1-7H3/t28-,30-/m0/s1. The average Bonchev–Trinajstić information content (AvgIpc) is 3.19. The summed E-state index contributed by atoms with van der Waals surface area (Å²) in [6.07, 6.45) is 2.13. The maximum atomic E-state index is 13.8. The van der Waals surface area contributed by atoms with Crippen LogP contribution in [0, 0.1) is 6.92 Å². The monoisotopic (exact) mass is 548 g/mol. The van der Waals surface area contributed by atoms with Gasteiger partial charge in [-0.3, -0.25) is 0 Å². The maximum Gasteiger partial charge on any atom is 0.240 e. The molecule has 4 rings (SSSR count). The van der Waals surface area contributed by atoms with Gasteiger partial charge in [-0.05, 0) is 54.4 Å². The number of para-hydroxylation sites is 1. The number of hydrogen-bond donors (Lipinski definition) is 1. The van der Waals surface area contributed by atoms with Crippen molar-refractivity contribution in [2.75, 3.05) is 6.61 Å². The van der Waals surface area contributed by atoms with E-state index < -0.39 is 24.4 Å². The van der Waals surface area contributed by atoms with Crippen LogP contribution in [-0.4, -0.2) is 34.0 Å². The first kappa shape index (κ1) is 28.3. The van der Waals surface area contributed by atoms with Gasteiger partial charge in [0.2, 0.25) is 10.0 Å². The second kappa shape index (κ2) is 10.8. The van der Waals surface area contributed by atoms with Crippen LogP contribution in [0.5, 0.6) is 0 Å². The third-order valence-corrected chi connectivity index (χ3v) is 13.9. The van der Waals surface area contributed by atoms with Gasteiger partial charge in [-0.1, -0.05) is 87.0 Å². The van der Waals surface area contributed by atoms with Crippen LogP contribution in [0.2, 0.25) is 18.1 Å². The van der Waals surface area contributed by atoms with Crippen LogP contribution in [0.4, 0.5) is 0 Å². The zero-order chi connectivity index (χ0) is 27.7. The highest BCUT2D eigenvalue weighted by Crippen LogP contribution is 2.39. The second-order valence-electron chi connectivity index (χ2n) is 11.7. The average molecular weight is 549 g/mol. The fourth-order valence-corrected chi connectivity index (χ4v) is 6.87. The lowest BCUT2D eigenvalue weighted by Crippen LogP contribution is -2.48. The molecular formula is C31H40N2O3SSi. The smallest absolute Gasteiger partial charge is 0.240 e. The number of nitrogens with one attached hydrogen (secondary N) is 1. The number of aryl methyl sites for hydroxylation is 2. The molecule has 4 aromatic rings. The minimum absolute atomic E-state index is 0.00489. The summed E-state index contributed by atoms with van der Waals surface area (Å²) in [5.74, 6) is -0.257. The maximum absolute atomic E-state index is 13.8. The fraction of sp³-hybridized carbons (Fsp3) is 0.355. The van der Waals surface area contributed by atoms with Crippen molar-refractivity contribution in [1.82, 2.24) is 9.29 Å². The summed E-state index contributed by atoms with van der Waals surface area (Å²) in [5, 5.41) is 1.10. The van der Waals surface area contributed by atoms with Gasteiger partial charge in [0, 0.05) is 30.1 Å². The third kappa shape index (κ3) is 5.96. The SMILES string of the molecule is Cc1ccc(S(=O)(=O)N[C@@H](CO[Si](C)(C)C(C)(C)C)[C@@H](c2ccccc2)c2cn(C)c3ccccc23)cc1. The van der Waals surface area contributed by atoms with Crippen LogP contribution in [-0.2, 0) is 21.5 Å². The van der Waals surface area contributed by atoms with Crippen LogP contribution >= 0.6 is 0 Å². The molecule has 1 aromatic heterocycles. The van der Waals surface area contributed by atoms with Crippen molar-refractivity contribution in [3.05, 3.63) is 102 Å². The molecule has 0 aliphatic rings. The molecule has 0 unspecified atom stereocenters. The van der Waals surface area contributed by atoms with Gasteiger partial charge < -0.3 is 8.99 Å². The Labute approximate surface area is 229 Å². The molecule has 1 N–H and O–H groups in total. The molecule has 0 saturated heterocycles. The molecular weight excluding hydrogens is 509 g/mol. The number of nitrogens with zero attached hydrogens (tertiary/aromatic N) is 1. The van der Waals surface area contributed by atoms with Crippen LogP contribution in [0.15, 0.2) is 90.0 Å². The van der Waals surface area contributed by atoms with Gasteiger partial charge in [-0.15, -0.1) is 0 Å². The van der Waals surface area contributed by atoms with E-state index >= 15 is 0 Å². The highest BCUT2D eigenvalue weighted by Gasteiger charge is 2.40. The van der Waals surface area contributed by atoms with Crippen molar-refractivity contribution >= 4 is 29.2 Å². The van der Waals surface area contributed by atoms with E-state index in [1.807, 2.05) is 56.4 Å². The Hall–Kier alpha value is -2.71. The number of hydrogen-bond acceptors (Lipinski definition) is 3. The molecule has 3 aromatic carbocycles. The van der Waals surface area contributed by atoms with E-state index in [0.29, 0.717) is 0 Å². The summed E-state index contributed by atoms with van der Waals surface area (Å²) in [6.45, 7) is 13.2. The van der Waals surface area contributed by atoms with Crippen molar-refractivity contribution in [1.29, 1.82) is 0 Å². The number of fused-ring (bicyclic) bond motifs is 1. The largest absolute Gasteiger partial charge is 0.415 e. The zero-order valence-corrected chi connectivity index (χ0v) is 25.3. The van der Waals surface area contributed by atoms with Crippen molar-refractivity contribution < 1.29 is 12.8 Å². The summed E-state index contributed by atoms with van der Waals surface area (Å²) < 4.78 is 39.4. The lowest BCUT2D eigenvalue weighted by Gasteiger charge is -2.38. The molecule has 0 aliphatic carbocycles. The third-order valence-electron chi connectivity index (χ3n) is 7.89. The molecule has 202 valence electrons. The second-order valence-corrected chi connectivity index (χ2v) is 18.2. The molecule has 7 heteroatoms. The topological polar surface area (TPSA) is 60.3 Å². The Morgan fingerprint density at radius 3 is 2.16 bits per heavy atom. The Morgan fingerprint density at radius 1 is 0.921 bits per heavy atom. The Bertz CT molecular complexity index is 1490. The van der Waals surface area contributed by atoms with E-state index in [0.717, 1.165) is 27.6 Å². The van der Waals surface area contributed by atoms with E-state index in [1.54, 1.807) is 12.1 Å². The van der Waals surface area contributed by atoms with Crippen LogP contribution in [0.3, 0.4) is 0 Å². The van der Waals surface area contributed by atoms with E-state index in [2.05, 4.69) is 73.6 Å². The molecule has 0 fully saturated rings.